The number of carboxylic acids is 1. The molecule has 0 saturated heterocycles. The van der Waals surface area contributed by atoms with Crippen molar-refractivity contribution < 1.29 is 19.4 Å². The van der Waals surface area contributed by atoms with E-state index < -0.39 is 12.1 Å². The Morgan fingerprint density at radius 2 is 1.53 bits per heavy atom. The SMILES string of the molecule is O=C(O)C(Cc1ccc(OCn2c3sccc3c3ccsc32)cc1)OCc1ccccc1. The molecule has 7 heteroatoms. The minimum atomic E-state index is -0.964. The van der Waals surface area contributed by atoms with Gasteiger partial charge in [0.15, 0.2) is 12.8 Å². The molecule has 0 radical (unpaired) electrons. The molecule has 0 saturated carbocycles. The average Bonchev–Trinajstić information content (AvgIpc) is 3.52. The summed E-state index contributed by atoms with van der Waals surface area (Å²) in [5, 5.41) is 16.3. The molecule has 32 heavy (non-hydrogen) atoms. The average molecular weight is 464 g/mol. The van der Waals surface area contributed by atoms with Crippen molar-refractivity contribution in [1.82, 2.24) is 4.57 Å². The van der Waals surface area contributed by atoms with E-state index in [0.29, 0.717) is 13.2 Å². The van der Waals surface area contributed by atoms with Gasteiger partial charge in [0.25, 0.3) is 0 Å². The van der Waals surface area contributed by atoms with Gasteiger partial charge in [0.1, 0.15) is 15.4 Å². The van der Waals surface area contributed by atoms with Crippen LogP contribution in [0.3, 0.4) is 0 Å². The van der Waals surface area contributed by atoms with Gasteiger partial charge in [0, 0.05) is 17.2 Å². The Hall–Kier alpha value is -3.13. The Morgan fingerprint density at radius 1 is 0.875 bits per heavy atom. The predicted octanol–water partition coefficient (Wildman–Crippen LogP) is 6.17. The third-order valence-corrected chi connectivity index (χ3v) is 7.22. The number of fused-ring (bicyclic) bond motifs is 3. The molecule has 3 heterocycles. The van der Waals surface area contributed by atoms with Gasteiger partial charge in [-0.2, -0.15) is 0 Å². The number of thiophene rings is 2. The van der Waals surface area contributed by atoms with E-state index in [1.807, 2.05) is 54.6 Å². The molecule has 2 aromatic carbocycles. The Labute approximate surface area is 193 Å². The number of hydrogen-bond acceptors (Lipinski definition) is 5. The van der Waals surface area contributed by atoms with Crippen molar-refractivity contribution in [2.75, 3.05) is 0 Å². The van der Waals surface area contributed by atoms with Crippen molar-refractivity contribution in [3.63, 3.8) is 0 Å². The topological polar surface area (TPSA) is 60.7 Å². The monoisotopic (exact) mass is 463 g/mol. The summed E-state index contributed by atoms with van der Waals surface area (Å²) in [6, 6.07) is 21.4. The van der Waals surface area contributed by atoms with Gasteiger partial charge in [-0.15, -0.1) is 22.7 Å². The molecule has 0 aliphatic rings. The first-order chi connectivity index (χ1) is 15.7. The largest absolute Gasteiger partial charge is 0.479 e. The number of rotatable bonds is 9. The first kappa shape index (κ1) is 20.8. The Balaban J connectivity index is 1.23. The minimum Gasteiger partial charge on any atom is -0.479 e. The standard InChI is InChI=1S/C25H21NO4S2/c27-25(28)22(29-15-18-4-2-1-3-5-18)14-17-6-8-19(9-7-17)30-16-26-23-20(10-12-31-23)21-11-13-32-24(21)26/h1-13,22H,14-16H2,(H,27,28). The van der Waals surface area contributed by atoms with Crippen LogP contribution < -0.4 is 4.74 Å². The molecule has 0 amide bonds. The van der Waals surface area contributed by atoms with Crippen LogP contribution in [-0.2, 0) is 29.3 Å². The third-order valence-electron chi connectivity index (χ3n) is 5.34. The molecule has 1 N–H and O–H groups in total. The van der Waals surface area contributed by atoms with Crippen LogP contribution in [0.15, 0.2) is 77.5 Å². The molecule has 3 aromatic heterocycles. The number of benzene rings is 2. The molecular weight excluding hydrogens is 442 g/mol. The van der Waals surface area contributed by atoms with E-state index in [0.717, 1.165) is 16.9 Å². The van der Waals surface area contributed by atoms with Crippen molar-refractivity contribution >= 4 is 49.1 Å². The lowest BCUT2D eigenvalue weighted by Crippen LogP contribution is -2.26. The van der Waals surface area contributed by atoms with Gasteiger partial charge in [-0.1, -0.05) is 42.5 Å². The summed E-state index contributed by atoms with van der Waals surface area (Å²) < 4.78 is 13.9. The smallest absolute Gasteiger partial charge is 0.333 e. The van der Waals surface area contributed by atoms with Gasteiger partial charge in [0.05, 0.1) is 6.61 Å². The van der Waals surface area contributed by atoms with Crippen molar-refractivity contribution in [1.29, 1.82) is 0 Å². The predicted molar refractivity (Wildman–Crippen MR) is 129 cm³/mol. The van der Waals surface area contributed by atoms with Gasteiger partial charge >= 0.3 is 5.97 Å². The molecule has 1 unspecified atom stereocenters. The summed E-state index contributed by atoms with van der Waals surface area (Å²) in [6.07, 6.45) is -0.604. The molecular formula is C25H21NO4S2. The van der Waals surface area contributed by atoms with E-state index in [-0.39, 0.29) is 6.61 Å². The summed E-state index contributed by atoms with van der Waals surface area (Å²) in [5.41, 5.74) is 1.84. The summed E-state index contributed by atoms with van der Waals surface area (Å²) in [6.45, 7) is 0.697. The minimum absolute atomic E-state index is 0.268. The van der Waals surface area contributed by atoms with Crippen molar-refractivity contribution in [3.8, 4) is 5.75 Å². The lowest BCUT2D eigenvalue weighted by molar-refractivity contribution is -0.151. The van der Waals surface area contributed by atoms with Gasteiger partial charge in [0.2, 0.25) is 0 Å². The zero-order chi connectivity index (χ0) is 21.9. The second-order valence-electron chi connectivity index (χ2n) is 7.45. The summed E-state index contributed by atoms with van der Waals surface area (Å²) in [4.78, 5) is 14.1. The number of carbonyl (C=O) groups is 1. The molecule has 0 spiro atoms. The van der Waals surface area contributed by atoms with Crippen LogP contribution in [0.4, 0.5) is 0 Å². The van der Waals surface area contributed by atoms with Crippen molar-refractivity contribution in [3.05, 3.63) is 88.6 Å². The van der Waals surface area contributed by atoms with Crippen molar-refractivity contribution in [2.24, 2.45) is 0 Å². The Bertz CT molecular complexity index is 1290. The normalized spacial score (nSPS) is 12.4. The lowest BCUT2D eigenvalue weighted by atomic mass is 10.1. The summed E-state index contributed by atoms with van der Waals surface area (Å²) in [7, 11) is 0. The van der Waals surface area contributed by atoms with E-state index in [1.54, 1.807) is 22.7 Å². The van der Waals surface area contributed by atoms with Crippen LogP contribution in [-0.4, -0.2) is 21.7 Å². The van der Waals surface area contributed by atoms with Crippen LogP contribution in [0.25, 0.3) is 20.4 Å². The highest BCUT2D eigenvalue weighted by molar-refractivity contribution is 7.19. The number of nitrogens with zero attached hydrogens (tertiary/aromatic N) is 1. The highest BCUT2D eigenvalue weighted by atomic mass is 32.1. The highest BCUT2D eigenvalue weighted by Gasteiger charge is 2.19. The van der Waals surface area contributed by atoms with E-state index in [4.69, 9.17) is 9.47 Å². The van der Waals surface area contributed by atoms with Crippen LogP contribution in [0.1, 0.15) is 11.1 Å². The highest BCUT2D eigenvalue weighted by Crippen LogP contribution is 2.35. The van der Waals surface area contributed by atoms with Crippen molar-refractivity contribution in [2.45, 2.75) is 25.9 Å². The Morgan fingerprint density at radius 3 is 2.16 bits per heavy atom. The van der Waals surface area contributed by atoms with Crippen LogP contribution >= 0.6 is 22.7 Å². The fourth-order valence-corrected chi connectivity index (χ4v) is 5.58. The number of aliphatic carboxylic acids is 1. The second-order valence-corrected chi connectivity index (χ2v) is 9.24. The van der Waals surface area contributed by atoms with Crippen LogP contribution in [0.2, 0.25) is 0 Å². The number of ether oxygens (including phenoxy) is 2. The Kier molecular flexibility index (Phi) is 5.94. The third kappa shape index (κ3) is 4.27. The maximum atomic E-state index is 11.6. The van der Waals surface area contributed by atoms with E-state index in [9.17, 15) is 9.90 Å². The van der Waals surface area contributed by atoms with Gasteiger partial charge in [-0.05, 0) is 46.2 Å². The number of carboxylic acid groups (broad SMARTS) is 1. The molecule has 5 aromatic rings. The first-order valence-electron chi connectivity index (χ1n) is 10.2. The van der Waals surface area contributed by atoms with Gasteiger partial charge in [-0.3, -0.25) is 4.57 Å². The molecule has 0 bridgehead atoms. The summed E-state index contributed by atoms with van der Waals surface area (Å²) >= 11 is 3.43. The van der Waals surface area contributed by atoms with Gasteiger partial charge < -0.3 is 14.6 Å². The first-order valence-corrected chi connectivity index (χ1v) is 12.0. The number of aromatic nitrogens is 1. The molecule has 0 aliphatic carbocycles. The van der Waals surface area contributed by atoms with Crippen LogP contribution in [0, 0.1) is 0 Å². The zero-order valence-corrected chi connectivity index (χ0v) is 18.8. The fraction of sp³-hybridized carbons (Fsp3) is 0.160. The molecule has 1 atom stereocenters. The van der Waals surface area contributed by atoms with Gasteiger partial charge in [-0.25, -0.2) is 4.79 Å². The maximum Gasteiger partial charge on any atom is 0.333 e. The lowest BCUT2D eigenvalue weighted by Gasteiger charge is -2.14. The molecule has 5 nitrogen and oxygen atoms in total. The zero-order valence-electron chi connectivity index (χ0n) is 17.1. The molecule has 5 rings (SSSR count). The van der Waals surface area contributed by atoms with E-state index >= 15 is 0 Å². The van der Waals surface area contributed by atoms with E-state index in [1.165, 1.54) is 20.4 Å². The molecule has 0 fully saturated rings. The van der Waals surface area contributed by atoms with E-state index in [2.05, 4.69) is 27.5 Å². The summed E-state index contributed by atoms with van der Waals surface area (Å²) in [5.74, 6) is -0.220. The molecule has 0 aliphatic heterocycles. The number of hydrogen-bond donors (Lipinski definition) is 1. The fourth-order valence-electron chi connectivity index (χ4n) is 3.70. The molecule has 162 valence electrons. The second kappa shape index (κ2) is 9.16. The van der Waals surface area contributed by atoms with Crippen LogP contribution in [0.5, 0.6) is 5.75 Å². The maximum absolute atomic E-state index is 11.6. The quantitative estimate of drug-likeness (QED) is 0.284.